The molecule has 0 fully saturated rings. The number of benzene rings is 1. The van der Waals surface area contributed by atoms with Gasteiger partial charge in [0.25, 0.3) is 5.91 Å². The number of hydrogen-bond donors (Lipinski definition) is 2. The van der Waals surface area contributed by atoms with Gasteiger partial charge in [0.05, 0.1) is 0 Å². The number of primary amides is 1. The highest BCUT2D eigenvalue weighted by atomic mass is 32.2. The molecule has 2 aromatic rings. The minimum absolute atomic E-state index is 0.121. The van der Waals surface area contributed by atoms with Crippen LogP contribution in [-0.2, 0) is 10.5 Å². The van der Waals surface area contributed by atoms with E-state index in [0.717, 1.165) is 15.7 Å². The molecule has 2 rings (SSSR count). The van der Waals surface area contributed by atoms with Crippen LogP contribution in [0.15, 0.2) is 28.6 Å². The zero-order valence-corrected chi connectivity index (χ0v) is 11.5. The van der Waals surface area contributed by atoms with Crippen LogP contribution in [0.3, 0.4) is 0 Å². The minimum atomic E-state index is -0.496. The summed E-state index contributed by atoms with van der Waals surface area (Å²) in [6.07, 6.45) is 0. The van der Waals surface area contributed by atoms with Gasteiger partial charge in [0.2, 0.25) is 5.13 Å². The van der Waals surface area contributed by atoms with E-state index < -0.39 is 5.91 Å². The molecule has 0 radical (unpaired) electrons. The fourth-order valence-electron chi connectivity index (χ4n) is 1.30. The lowest BCUT2D eigenvalue weighted by molar-refractivity contribution is -0.119. The molecule has 4 N–H and O–H groups in total. The number of anilines is 1. The average molecular weight is 296 g/mol. The molecule has 19 heavy (non-hydrogen) atoms. The van der Waals surface area contributed by atoms with Gasteiger partial charge in [-0.2, -0.15) is 0 Å². The van der Waals surface area contributed by atoms with Crippen molar-refractivity contribution < 1.29 is 9.53 Å². The molecule has 0 aliphatic carbocycles. The predicted octanol–water partition coefficient (Wildman–Crippen LogP) is 1.28. The number of nitrogen functional groups attached to an aromatic ring is 1. The van der Waals surface area contributed by atoms with Crippen molar-refractivity contribution in [3.05, 3.63) is 29.8 Å². The van der Waals surface area contributed by atoms with E-state index in [1.54, 1.807) is 17.8 Å². The largest absolute Gasteiger partial charge is 0.484 e. The third-order valence-electron chi connectivity index (χ3n) is 2.06. The number of hydrogen-bond acceptors (Lipinski definition) is 7. The third kappa shape index (κ3) is 4.42. The van der Waals surface area contributed by atoms with Crippen LogP contribution in [0.4, 0.5) is 5.13 Å². The third-order valence-corrected chi connectivity index (χ3v) is 4.02. The van der Waals surface area contributed by atoms with E-state index in [2.05, 4.69) is 10.2 Å². The summed E-state index contributed by atoms with van der Waals surface area (Å²) in [4.78, 5) is 10.6. The Morgan fingerprint density at radius 3 is 2.95 bits per heavy atom. The maximum absolute atomic E-state index is 10.6. The zero-order chi connectivity index (χ0) is 13.7. The summed E-state index contributed by atoms with van der Waals surface area (Å²) in [6.45, 7) is -0.121. The molecule has 6 nitrogen and oxygen atoms in total. The van der Waals surface area contributed by atoms with Crippen LogP contribution in [0, 0.1) is 0 Å². The molecule has 0 aliphatic rings. The van der Waals surface area contributed by atoms with Crippen LogP contribution in [0.1, 0.15) is 5.56 Å². The molecular formula is C11H12N4O2S2. The van der Waals surface area contributed by atoms with Gasteiger partial charge in [-0.05, 0) is 17.7 Å². The van der Waals surface area contributed by atoms with Crippen molar-refractivity contribution in [3.8, 4) is 5.75 Å². The van der Waals surface area contributed by atoms with E-state index >= 15 is 0 Å². The first-order chi connectivity index (χ1) is 9.13. The van der Waals surface area contributed by atoms with Crippen molar-refractivity contribution in [2.45, 2.75) is 10.1 Å². The van der Waals surface area contributed by atoms with Gasteiger partial charge in [-0.1, -0.05) is 35.2 Å². The van der Waals surface area contributed by atoms with Gasteiger partial charge < -0.3 is 16.2 Å². The molecular weight excluding hydrogens is 284 g/mol. The molecule has 0 unspecified atom stereocenters. The Bertz CT molecular complexity index is 573. The number of rotatable bonds is 6. The average Bonchev–Trinajstić information content (AvgIpc) is 2.80. The van der Waals surface area contributed by atoms with Crippen molar-refractivity contribution in [2.75, 3.05) is 12.3 Å². The second-order valence-corrected chi connectivity index (χ2v) is 5.83. The number of amides is 1. The highest BCUT2D eigenvalue weighted by Gasteiger charge is 2.04. The van der Waals surface area contributed by atoms with Crippen LogP contribution < -0.4 is 16.2 Å². The lowest BCUT2D eigenvalue weighted by atomic mass is 10.2. The van der Waals surface area contributed by atoms with Crippen molar-refractivity contribution in [3.63, 3.8) is 0 Å². The summed E-state index contributed by atoms with van der Waals surface area (Å²) >= 11 is 2.90. The van der Waals surface area contributed by atoms with Crippen molar-refractivity contribution >= 4 is 34.1 Å². The zero-order valence-electron chi connectivity index (χ0n) is 9.91. The predicted molar refractivity (Wildman–Crippen MR) is 75.0 cm³/mol. The first-order valence-corrected chi connectivity index (χ1v) is 7.15. The number of nitrogens with two attached hydrogens (primary N) is 2. The van der Waals surface area contributed by atoms with Gasteiger partial charge in [-0.3, -0.25) is 4.79 Å². The van der Waals surface area contributed by atoms with E-state index in [1.807, 2.05) is 18.2 Å². The number of carbonyl (C=O) groups excluding carboxylic acids is 1. The van der Waals surface area contributed by atoms with E-state index in [-0.39, 0.29) is 6.61 Å². The molecule has 1 aromatic carbocycles. The van der Waals surface area contributed by atoms with Crippen LogP contribution in [0.2, 0.25) is 0 Å². The molecule has 0 saturated carbocycles. The van der Waals surface area contributed by atoms with Gasteiger partial charge in [0.1, 0.15) is 5.75 Å². The number of thioether (sulfide) groups is 1. The standard InChI is InChI=1S/C11H12N4O2S2/c12-9(16)5-17-8-3-1-2-7(4-8)6-18-11-15-14-10(13)19-11/h1-4H,5-6H2,(H2,12,16)(H2,13,14). The molecule has 1 amide bonds. The fraction of sp³-hybridized carbons (Fsp3) is 0.182. The summed E-state index contributed by atoms with van der Waals surface area (Å²) in [5, 5.41) is 8.13. The SMILES string of the molecule is NC(=O)COc1cccc(CSc2nnc(N)s2)c1. The molecule has 0 spiro atoms. The first-order valence-electron chi connectivity index (χ1n) is 5.35. The monoisotopic (exact) mass is 296 g/mol. The number of nitrogens with zero attached hydrogens (tertiary/aromatic N) is 2. The lowest BCUT2D eigenvalue weighted by Crippen LogP contribution is -2.20. The highest BCUT2D eigenvalue weighted by molar-refractivity contribution is 8.00. The molecule has 8 heteroatoms. The normalized spacial score (nSPS) is 10.3. The molecule has 0 saturated heterocycles. The summed E-state index contributed by atoms with van der Waals surface area (Å²) in [7, 11) is 0. The first kappa shape index (κ1) is 13.6. The molecule has 0 aliphatic heterocycles. The summed E-state index contributed by atoms with van der Waals surface area (Å²) in [6, 6.07) is 7.47. The van der Waals surface area contributed by atoms with Crippen LogP contribution in [-0.4, -0.2) is 22.7 Å². The number of carbonyl (C=O) groups is 1. The summed E-state index contributed by atoms with van der Waals surface area (Å²) in [5.41, 5.74) is 11.6. The van der Waals surface area contributed by atoms with E-state index in [0.29, 0.717) is 10.9 Å². The van der Waals surface area contributed by atoms with Crippen molar-refractivity contribution in [1.82, 2.24) is 10.2 Å². The van der Waals surface area contributed by atoms with Gasteiger partial charge in [-0.15, -0.1) is 10.2 Å². The topological polar surface area (TPSA) is 104 Å². The number of ether oxygens (including phenoxy) is 1. The van der Waals surface area contributed by atoms with E-state index in [4.69, 9.17) is 16.2 Å². The molecule has 1 aromatic heterocycles. The highest BCUT2D eigenvalue weighted by Crippen LogP contribution is 2.27. The van der Waals surface area contributed by atoms with Crippen LogP contribution in [0.5, 0.6) is 5.75 Å². The Balaban J connectivity index is 1.93. The quantitative estimate of drug-likeness (QED) is 0.778. The molecule has 100 valence electrons. The molecule has 0 atom stereocenters. The summed E-state index contributed by atoms with van der Waals surface area (Å²) < 4.78 is 6.06. The van der Waals surface area contributed by atoms with Gasteiger partial charge >= 0.3 is 0 Å². The van der Waals surface area contributed by atoms with Crippen molar-refractivity contribution in [1.29, 1.82) is 0 Å². The Kier molecular flexibility index (Phi) is 4.58. The second-order valence-electron chi connectivity index (χ2n) is 3.60. The Morgan fingerprint density at radius 1 is 1.42 bits per heavy atom. The van der Waals surface area contributed by atoms with E-state index in [1.165, 1.54) is 11.3 Å². The minimum Gasteiger partial charge on any atom is -0.484 e. The van der Waals surface area contributed by atoms with E-state index in [9.17, 15) is 4.79 Å². The smallest absolute Gasteiger partial charge is 0.255 e. The Hall–Kier alpha value is -1.80. The Morgan fingerprint density at radius 2 is 2.26 bits per heavy atom. The Labute approximate surface area is 118 Å². The van der Waals surface area contributed by atoms with Crippen LogP contribution in [0.25, 0.3) is 0 Å². The maximum atomic E-state index is 10.6. The summed E-state index contributed by atoms with van der Waals surface area (Å²) in [5.74, 6) is 0.848. The molecule has 0 bridgehead atoms. The van der Waals surface area contributed by atoms with Crippen LogP contribution >= 0.6 is 23.1 Å². The van der Waals surface area contributed by atoms with Gasteiger partial charge in [-0.25, -0.2) is 0 Å². The van der Waals surface area contributed by atoms with Crippen molar-refractivity contribution in [2.24, 2.45) is 5.73 Å². The number of aromatic nitrogens is 2. The van der Waals surface area contributed by atoms with Gasteiger partial charge in [0.15, 0.2) is 10.9 Å². The molecule has 1 heterocycles. The second kappa shape index (κ2) is 6.39. The maximum Gasteiger partial charge on any atom is 0.255 e. The fourth-order valence-corrected chi connectivity index (χ4v) is 2.88. The van der Waals surface area contributed by atoms with Gasteiger partial charge in [0, 0.05) is 5.75 Å². The lowest BCUT2D eigenvalue weighted by Gasteiger charge is -2.05.